The highest BCUT2D eigenvalue weighted by Crippen LogP contribution is 2.28. The number of hydrogen-bond donors (Lipinski definition) is 1. The Kier molecular flexibility index (Phi) is 4.88. The minimum Gasteiger partial charge on any atom is -0.324 e. The van der Waals surface area contributed by atoms with Crippen LogP contribution in [0.3, 0.4) is 0 Å². The van der Waals surface area contributed by atoms with Crippen LogP contribution in [-0.2, 0) is 0 Å². The summed E-state index contributed by atoms with van der Waals surface area (Å²) < 4.78 is 26.3. The molecule has 2 rings (SSSR count). The van der Waals surface area contributed by atoms with E-state index in [-0.39, 0.29) is 6.04 Å². The number of nitrogens with two attached hydrogens (primary N) is 1. The zero-order chi connectivity index (χ0) is 13.8. The van der Waals surface area contributed by atoms with Gasteiger partial charge >= 0.3 is 0 Å². The van der Waals surface area contributed by atoms with E-state index in [1.165, 1.54) is 25.0 Å². The topological polar surface area (TPSA) is 29.3 Å². The lowest BCUT2D eigenvalue weighted by Crippen LogP contribution is -2.30. The Morgan fingerprint density at radius 1 is 1.21 bits per heavy atom. The van der Waals surface area contributed by atoms with Gasteiger partial charge in [-0.05, 0) is 49.9 Å². The summed E-state index contributed by atoms with van der Waals surface area (Å²) in [6.45, 7) is 4.14. The summed E-state index contributed by atoms with van der Waals surface area (Å²) >= 11 is 0. The van der Waals surface area contributed by atoms with Crippen molar-refractivity contribution < 1.29 is 8.78 Å². The highest BCUT2D eigenvalue weighted by Gasteiger charge is 2.28. The van der Waals surface area contributed by atoms with Gasteiger partial charge in [0.2, 0.25) is 0 Å². The number of halogens is 2. The molecule has 1 atom stereocenters. The summed E-state index contributed by atoms with van der Waals surface area (Å²) in [6, 6.07) is 3.94. The molecule has 4 heteroatoms. The van der Waals surface area contributed by atoms with Crippen LogP contribution < -0.4 is 5.73 Å². The average Bonchev–Trinajstić information content (AvgIpc) is 3.17. The zero-order valence-corrected chi connectivity index (χ0v) is 11.4. The average molecular weight is 268 g/mol. The molecule has 0 heterocycles. The molecule has 1 aliphatic rings. The van der Waals surface area contributed by atoms with Gasteiger partial charge in [-0.2, -0.15) is 0 Å². The van der Waals surface area contributed by atoms with Gasteiger partial charge in [-0.25, -0.2) is 8.78 Å². The van der Waals surface area contributed by atoms with Crippen molar-refractivity contribution in [2.24, 2.45) is 5.73 Å². The van der Waals surface area contributed by atoms with Gasteiger partial charge in [0.25, 0.3) is 0 Å². The quantitative estimate of drug-likeness (QED) is 0.822. The molecule has 106 valence electrons. The summed E-state index contributed by atoms with van der Waals surface area (Å²) in [5.74, 6) is -1.11. The van der Waals surface area contributed by atoms with Crippen LogP contribution in [0.15, 0.2) is 18.2 Å². The maximum Gasteiger partial charge on any atom is 0.126 e. The second-order valence-electron chi connectivity index (χ2n) is 5.37. The van der Waals surface area contributed by atoms with Crippen molar-refractivity contribution in [2.45, 2.75) is 44.7 Å². The minimum absolute atomic E-state index is 0.302. The molecule has 0 aliphatic heterocycles. The van der Waals surface area contributed by atoms with Gasteiger partial charge in [-0.1, -0.05) is 6.92 Å². The molecule has 19 heavy (non-hydrogen) atoms. The molecule has 2 N–H and O–H groups in total. The highest BCUT2D eigenvalue weighted by molar-refractivity contribution is 5.21. The van der Waals surface area contributed by atoms with Crippen LogP contribution in [0.25, 0.3) is 0 Å². The Hall–Kier alpha value is -1.00. The molecule has 1 unspecified atom stereocenters. The summed E-state index contributed by atoms with van der Waals surface area (Å²) in [5, 5.41) is 0. The van der Waals surface area contributed by atoms with Gasteiger partial charge in [-0.3, -0.25) is 0 Å². The monoisotopic (exact) mass is 268 g/mol. The van der Waals surface area contributed by atoms with Crippen LogP contribution in [0, 0.1) is 11.6 Å². The molecule has 0 bridgehead atoms. The van der Waals surface area contributed by atoms with Crippen molar-refractivity contribution in [3.63, 3.8) is 0 Å². The van der Waals surface area contributed by atoms with E-state index >= 15 is 0 Å². The molecule has 1 aromatic rings. The fraction of sp³-hybridized carbons (Fsp3) is 0.600. The van der Waals surface area contributed by atoms with Crippen LogP contribution in [0.1, 0.15) is 44.2 Å². The Bertz CT molecular complexity index is 398. The lowest BCUT2D eigenvalue weighted by Gasteiger charge is -2.23. The van der Waals surface area contributed by atoms with Crippen molar-refractivity contribution in [3.05, 3.63) is 35.4 Å². The van der Waals surface area contributed by atoms with Gasteiger partial charge in [0.15, 0.2) is 0 Å². The van der Waals surface area contributed by atoms with E-state index in [1.54, 1.807) is 0 Å². The van der Waals surface area contributed by atoms with Crippen molar-refractivity contribution in [3.8, 4) is 0 Å². The molecular weight excluding hydrogens is 246 g/mol. The Morgan fingerprint density at radius 2 is 1.84 bits per heavy atom. The van der Waals surface area contributed by atoms with E-state index in [0.717, 1.165) is 32.0 Å². The summed E-state index contributed by atoms with van der Waals surface area (Å²) in [6.07, 6.45) is 4.40. The predicted molar refractivity (Wildman–Crippen MR) is 72.8 cm³/mol. The van der Waals surface area contributed by atoms with Crippen LogP contribution >= 0.6 is 0 Å². The highest BCUT2D eigenvalue weighted by atomic mass is 19.1. The molecule has 0 saturated heterocycles. The maximum absolute atomic E-state index is 13.1. The fourth-order valence-electron chi connectivity index (χ4n) is 2.46. The molecular formula is C15H22F2N2. The first-order valence-electron chi connectivity index (χ1n) is 7.05. The van der Waals surface area contributed by atoms with Gasteiger partial charge in [0.05, 0.1) is 0 Å². The van der Waals surface area contributed by atoms with E-state index in [1.807, 2.05) is 0 Å². The summed E-state index contributed by atoms with van der Waals surface area (Å²) in [5.41, 5.74) is 6.58. The minimum atomic E-state index is -0.557. The summed E-state index contributed by atoms with van der Waals surface area (Å²) in [7, 11) is 0. The first-order chi connectivity index (χ1) is 9.10. The molecule has 0 amide bonds. The van der Waals surface area contributed by atoms with Gasteiger partial charge in [0.1, 0.15) is 11.6 Å². The first kappa shape index (κ1) is 14.4. The molecule has 1 aromatic carbocycles. The zero-order valence-electron chi connectivity index (χ0n) is 11.4. The molecule has 2 nitrogen and oxygen atoms in total. The van der Waals surface area contributed by atoms with Crippen molar-refractivity contribution in [1.82, 2.24) is 4.90 Å². The lowest BCUT2D eigenvalue weighted by atomic mass is 10.0. The lowest BCUT2D eigenvalue weighted by molar-refractivity contribution is 0.253. The van der Waals surface area contributed by atoms with Gasteiger partial charge in [-0.15, -0.1) is 0 Å². The maximum atomic E-state index is 13.1. The van der Waals surface area contributed by atoms with Crippen LogP contribution in [-0.4, -0.2) is 24.0 Å². The van der Waals surface area contributed by atoms with E-state index in [9.17, 15) is 8.78 Å². The molecule has 0 spiro atoms. The first-order valence-corrected chi connectivity index (χ1v) is 7.05. The number of nitrogens with zero attached hydrogens (tertiary/aromatic N) is 1. The normalized spacial score (nSPS) is 16.9. The van der Waals surface area contributed by atoms with Crippen molar-refractivity contribution in [2.75, 3.05) is 13.1 Å². The SMILES string of the molecule is CCCN(CCC(N)c1cc(F)cc(F)c1)C1CC1. The second-order valence-corrected chi connectivity index (χ2v) is 5.37. The molecule has 1 saturated carbocycles. The van der Waals surface area contributed by atoms with Crippen molar-refractivity contribution >= 4 is 0 Å². The third-order valence-electron chi connectivity index (χ3n) is 3.61. The van der Waals surface area contributed by atoms with E-state index in [2.05, 4.69) is 11.8 Å². The Labute approximate surface area is 113 Å². The molecule has 1 fully saturated rings. The van der Waals surface area contributed by atoms with Crippen LogP contribution in [0.4, 0.5) is 8.78 Å². The molecule has 1 aliphatic carbocycles. The van der Waals surface area contributed by atoms with E-state index in [0.29, 0.717) is 11.6 Å². The number of rotatable bonds is 7. The number of benzene rings is 1. The third-order valence-corrected chi connectivity index (χ3v) is 3.61. The van der Waals surface area contributed by atoms with Gasteiger partial charge < -0.3 is 10.6 Å². The second kappa shape index (κ2) is 6.44. The predicted octanol–water partition coefficient (Wildman–Crippen LogP) is 3.23. The van der Waals surface area contributed by atoms with E-state index < -0.39 is 11.6 Å². The Morgan fingerprint density at radius 3 is 2.37 bits per heavy atom. The third kappa shape index (κ3) is 4.25. The number of hydrogen-bond acceptors (Lipinski definition) is 2. The summed E-state index contributed by atoms with van der Waals surface area (Å²) in [4.78, 5) is 2.44. The van der Waals surface area contributed by atoms with Crippen LogP contribution in [0.5, 0.6) is 0 Å². The molecule has 0 radical (unpaired) electrons. The van der Waals surface area contributed by atoms with Crippen LogP contribution in [0.2, 0.25) is 0 Å². The molecule has 0 aromatic heterocycles. The Balaban J connectivity index is 1.90. The van der Waals surface area contributed by atoms with E-state index in [4.69, 9.17) is 5.73 Å². The smallest absolute Gasteiger partial charge is 0.126 e. The fourth-order valence-corrected chi connectivity index (χ4v) is 2.46. The standard InChI is InChI=1S/C15H22F2N2/c1-2-6-19(14-3-4-14)7-5-15(18)11-8-12(16)10-13(17)9-11/h8-10,14-15H,2-7,18H2,1H3. The largest absolute Gasteiger partial charge is 0.324 e. The van der Waals surface area contributed by atoms with Crippen molar-refractivity contribution in [1.29, 1.82) is 0 Å². The van der Waals surface area contributed by atoms with Gasteiger partial charge in [0, 0.05) is 24.7 Å².